The van der Waals surface area contributed by atoms with Gasteiger partial charge in [0, 0.05) is 18.8 Å². The van der Waals surface area contributed by atoms with E-state index in [0.717, 1.165) is 25.7 Å². The number of ketones is 1. The molecule has 0 aromatic heterocycles. The van der Waals surface area contributed by atoms with Crippen LogP contribution in [0, 0.1) is 5.92 Å². The van der Waals surface area contributed by atoms with Crippen LogP contribution in [0.5, 0.6) is 0 Å². The first-order valence-electron chi connectivity index (χ1n) is 5.92. The van der Waals surface area contributed by atoms with E-state index < -0.39 is 0 Å². The van der Waals surface area contributed by atoms with Gasteiger partial charge in [-0.15, -0.1) is 0 Å². The Hall–Kier alpha value is -0.860. The lowest BCUT2D eigenvalue weighted by Crippen LogP contribution is -2.15. The van der Waals surface area contributed by atoms with Gasteiger partial charge in [-0.05, 0) is 26.2 Å². The van der Waals surface area contributed by atoms with Gasteiger partial charge in [-0.1, -0.05) is 12.8 Å². The summed E-state index contributed by atoms with van der Waals surface area (Å²) in [5.74, 6) is 0.281. The summed E-state index contributed by atoms with van der Waals surface area (Å²) < 4.78 is 4.85. The molecule has 86 valence electrons. The summed E-state index contributed by atoms with van der Waals surface area (Å²) in [5, 5.41) is 0. The van der Waals surface area contributed by atoms with Crippen molar-refractivity contribution in [2.24, 2.45) is 5.92 Å². The zero-order chi connectivity index (χ0) is 11.1. The van der Waals surface area contributed by atoms with Crippen LogP contribution < -0.4 is 0 Å². The Morgan fingerprint density at radius 3 is 2.93 bits per heavy atom. The van der Waals surface area contributed by atoms with E-state index in [1.54, 1.807) is 6.92 Å². The highest BCUT2D eigenvalue weighted by atomic mass is 16.5. The largest absolute Gasteiger partial charge is 0.466 e. The summed E-state index contributed by atoms with van der Waals surface area (Å²) in [6.45, 7) is 2.23. The van der Waals surface area contributed by atoms with E-state index in [9.17, 15) is 9.59 Å². The van der Waals surface area contributed by atoms with Crippen LogP contribution in [0.1, 0.15) is 51.9 Å². The van der Waals surface area contributed by atoms with Crippen LogP contribution >= 0.6 is 0 Å². The molecule has 0 aromatic rings. The molecule has 1 rings (SSSR count). The molecule has 1 atom stereocenters. The lowest BCUT2D eigenvalue weighted by atomic mass is 9.94. The first kappa shape index (κ1) is 12.2. The van der Waals surface area contributed by atoms with Crippen molar-refractivity contribution in [2.45, 2.75) is 51.9 Å². The molecular formula is C12H20O3. The minimum atomic E-state index is -0.172. The smallest absolute Gasteiger partial charge is 0.305 e. The third-order valence-electron chi connectivity index (χ3n) is 2.93. The minimum Gasteiger partial charge on any atom is -0.466 e. The van der Waals surface area contributed by atoms with E-state index in [4.69, 9.17) is 4.74 Å². The first-order valence-corrected chi connectivity index (χ1v) is 5.92. The molecule has 1 aliphatic carbocycles. The molecule has 0 radical (unpaired) electrons. The fraction of sp³-hybridized carbons (Fsp3) is 0.833. The summed E-state index contributed by atoms with van der Waals surface area (Å²) in [7, 11) is 0. The summed E-state index contributed by atoms with van der Waals surface area (Å²) in [6.07, 6.45) is 6.03. The van der Waals surface area contributed by atoms with Crippen molar-refractivity contribution >= 4 is 11.8 Å². The number of esters is 1. The van der Waals surface area contributed by atoms with Crippen molar-refractivity contribution in [2.75, 3.05) is 6.61 Å². The second-order valence-corrected chi connectivity index (χ2v) is 4.11. The highest BCUT2D eigenvalue weighted by Gasteiger charge is 2.21. The Kier molecular flexibility index (Phi) is 5.37. The maximum Gasteiger partial charge on any atom is 0.305 e. The van der Waals surface area contributed by atoms with Gasteiger partial charge in [0.05, 0.1) is 6.61 Å². The Morgan fingerprint density at radius 1 is 1.40 bits per heavy atom. The number of carbonyl (C=O) groups excluding carboxylic acids is 2. The maximum absolute atomic E-state index is 11.6. The Morgan fingerprint density at radius 2 is 2.20 bits per heavy atom. The fourth-order valence-corrected chi connectivity index (χ4v) is 2.06. The molecule has 0 spiro atoms. The standard InChI is InChI=1S/C12H20O3/c1-2-15-12(14)9-8-10-6-4-3-5-7-11(10)13/h10H,2-9H2,1H3. The van der Waals surface area contributed by atoms with Gasteiger partial charge in [0.1, 0.15) is 5.78 Å². The third kappa shape index (κ3) is 4.45. The third-order valence-corrected chi connectivity index (χ3v) is 2.93. The van der Waals surface area contributed by atoms with Crippen molar-refractivity contribution in [3.05, 3.63) is 0 Å². The number of hydrogen-bond acceptors (Lipinski definition) is 3. The van der Waals surface area contributed by atoms with Crippen LogP contribution in [0.15, 0.2) is 0 Å². The number of hydrogen-bond donors (Lipinski definition) is 0. The molecule has 0 aromatic carbocycles. The Bertz CT molecular complexity index is 223. The van der Waals surface area contributed by atoms with Crippen LogP contribution in [0.2, 0.25) is 0 Å². The molecule has 1 aliphatic rings. The molecule has 0 saturated heterocycles. The fourth-order valence-electron chi connectivity index (χ4n) is 2.06. The van der Waals surface area contributed by atoms with Crippen molar-refractivity contribution in [1.82, 2.24) is 0 Å². The van der Waals surface area contributed by atoms with E-state index in [1.807, 2.05) is 0 Å². The van der Waals surface area contributed by atoms with Crippen LogP contribution in [0.25, 0.3) is 0 Å². The molecule has 1 fully saturated rings. The molecule has 0 N–H and O–H groups in total. The summed E-state index contributed by atoms with van der Waals surface area (Å²) in [5.41, 5.74) is 0. The van der Waals surface area contributed by atoms with Crippen LogP contribution in [0.3, 0.4) is 0 Å². The number of carbonyl (C=O) groups is 2. The van der Waals surface area contributed by atoms with E-state index in [-0.39, 0.29) is 11.9 Å². The van der Waals surface area contributed by atoms with Gasteiger partial charge in [0.15, 0.2) is 0 Å². The predicted octanol–water partition coefficient (Wildman–Crippen LogP) is 2.48. The first-order chi connectivity index (χ1) is 7.24. The van der Waals surface area contributed by atoms with E-state index in [2.05, 4.69) is 0 Å². The molecule has 15 heavy (non-hydrogen) atoms. The van der Waals surface area contributed by atoms with Gasteiger partial charge in [-0.25, -0.2) is 0 Å². The summed E-state index contributed by atoms with van der Waals surface area (Å²) >= 11 is 0. The van der Waals surface area contributed by atoms with Gasteiger partial charge in [-0.3, -0.25) is 9.59 Å². The van der Waals surface area contributed by atoms with Gasteiger partial charge >= 0.3 is 5.97 Å². The topological polar surface area (TPSA) is 43.4 Å². The highest BCUT2D eigenvalue weighted by molar-refractivity contribution is 5.81. The summed E-state index contributed by atoms with van der Waals surface area (Å²) in [4.78, 5) is 22.8. The molecule has 0 amide bonds. The average Bonchev–Trinajstić information content (AvgIpc) is 2.41. The minimum absolute atomic E-state index is 0.108. The van der Waals surface area contributed by atoms with Crippen LogP contribution in [-0.2, 0) is 14.3 Å². The van der Waals surface area contributed by atoms with Crippen LogP contribution in [-0.4, -0.2) is 18.4 Å². The molecule has 0 heterocycles. The van der Waals surface area contributed by atoms with Gasteiger partial charge in [0.25, 0.3) is 0 Å². The van der Waals surface area contributed by atoms with Gasteiger partial charge in [0.2, 0.25) is 0 Å². The second-order valence-electron chi connectivity index (χ2n) is 4.11. The summed E-state index contributed by atoms with van der Waals surface area (Å²) in [6, 6.07) is 0. The monoisotopic (exact) mass is 212 g/mol. The number of ether oxygens (including phenoxy) is 1. The van der Waals surface area contributed by atoms with E-state index in [0.29, 0.717) is 31.7 Å². The maximum atomic E-state index is 11.6. The molecule has 1 saturated carbocycles. The van der Waals surface area contributed by atoms with E-state index >= 15 is 0 Å². The van der Waals surface area contributed by atoms with Crippen molar-refractivity contribution in [1.29, 1.82) is 0 Å². The lowest BCUT2D eigenvalue weighted by molar-refractivity contribution is -0.143. The molecule has 1 unspecified atom stereocenters. The highest BCUT2D eigenvalue weighted by Crippen LogP contribution is 2.23. The van der Waals surface area contributed by atoms with Gasteiger partial charge < -0.3 is 4.74 Å². The van der Waals surface area contributed by atoms with Crippen molar-refractivity contribution in [3.63, 3.8) is 0 Å². The van der Waals surface area contributed by atoms with Crippen molar-refractivity contribution in [3.8, 4) is 0 Å². The number of rotatable bonds is 4. The van der Waals surface area contributed by atoms with Gasteiger partial charge in [-0.2, -0.15) is 0 Å². The molecule has 3 nitrogen and oxygen atoms in total. The molecule has 3 heteroatoms. The lowest BCUT2D eigenvalue weighted by Gasteiger charge is -2.11. The molecule has 0 aliphatic heterocycles. The predicted molar refractivity (Wildman–Crippen MR) is 57.4 cm³/mol. The van der Waals surface area contributed by atoms with Crippen molar-refractivity contribution < 1.29 is 14.3 Å². The quantitative estimate of drug-likeness (QED) is 0.531. The molecular weight excluding hydrogens is 192 g/mol. The zero-order valence-corrected chi connectivity index (χ0v) is 9.46. The number of Topliss-reactive ketones (excluding diaryl/α,β-unsaturated/α-hetero) is 1. The van der Waals surface area contributed by atoms with Crippen LogP contribution in [0.4, 0.5) is 0 Å². The van der Waals surface area contributed by atoms with E-state index in [1.165, 1.54) is 0 Å². The SMILES string of the molecule is CCOC(=O)CCC1CCCCCC1=O. The second kappa shape index (κ2) is 6.59. The Balaban J connectivity index is 2.29. The zero-order valence-electron chi connectivity index (χ0n) is 9.46. The normalized spacial score (nSPS) is 22.2. The Labute approximate surface area is 91.2 Å². The average molecular weight is 212 g/mol. The molecule has 0 bridgehead atoms.